The number of amides is 1. The van der Waals surface area contributed by atoms with Crippen LogP contribution in [0.15, 0.2) is 23.8 Å². The summed E-state index contributed by atoms with van der Waals surface area (Å²) in [6, 6.07) is 9.08. The van der Waals surface area contributed by atoms with E-state index in [1.165, 1.54) is 0 Å². The molecule has 0 spiro atoms. The molecule has 0 atom stereocenters. The fraction of sp³-hybridized carbons (Fsp3) is 0.154. The molecule has 1 aromatic rings. The van der Waals surface area contributed by atoms with E-state index in [4.69, 9.17) is 10.5 Å². The second kappa shape index (κ2) is 4.11. The molecule has 82 valence electrons. The maximum Gasteiger partial charge on any atom is 0.258 e. The van der Waals surface area contributed by atoms with Crippen LogP contribution in [0.2, 0.25) is 0 Å². The van der Waals surface area contributed by atoms with Crippen molar-refractivity contribution in [3.63, 3.8) is 0 Å². The standard InChI is InChI=1S/C13H9N3O/c1-2-8-3-4-11-10(5-8)12(13(17)16-11)9(6-14)7-15/h3-5H,2H2,1H3,(H,16,17). The zero-order valence-corrected chi connectivity index (χ0v) is 9.24. The molecule has 0 saturated carbocycles. The van der Waals surface area contributed by atoms with Gasteiger partial charge in [-0.1, -0.05) is 13.0 Å². The normalized spacial score (nSPS) is 12.4. The third kappa shape index (κ3) is 1.66. The van der Waals surface area contributed by atoms with Crippen LogP contribution in [0, 0.1) is 22.7 Å². The first-order chi connectivity index (χ1) is 8.21. The van der Waals surface area contributed by atoms with Crippen molar-refractivity contribution in [2.45, 2.75) is 13.3 Å². The van der Waals surface area contributed by atoms with Gasteiger partial charge in [0.1, 0.15) is 17.7 Å². The summed E-state index contributed by atoms with van der Waals surface area (Å²) in [6.07, 6.45) is 0.836. The van der Waals surface area contributed by atoms with Gasteiger partial charge < -0.3 is 5.32 Å². The van der Waals surface area contributed by atoms with E-state index >= 15 is 0 Å². The van der Waals surface area contributed by atoms with Gasteiger partial charge in [0.05, 0.1) is 5.57 Å². The average Bonchev–Trinajstić information content (AvgIpc) is 2.67. The first-order valence-electron chi connectivity index (χ1n) is 5.20. The van der Waals surface area contributed by atoms with Crippen LogP contribution in [0.1, 0.15) is 18.1 Å². The molecular formula is C13H9N3O. The average molecular weight is 223 g/mol. The Kier molecular flexibility index (Phi) is 2.64. The summed E-state index contributed by atoms with van der Waals surface area (Å²) in [7, 11) is 0. The number of hydrogen-bond donors (Lipinski definition) is 1. The van der Waals surface area contributed by atoms with Crippen molar-refractivity contribution in [1.29, 1.82) is 10.5 Å². The largest absolute Gasteiger partial charge is 0.321 e. The minimum Gasteiger partial charge on any atom is -0.321 e. The Bertz CT molecular complexity index is 599. The minimum atomic E-state index is -0.383. The molecule has 2 rings (SSSR count). The molecule has 0 aromatic heterocycles. The number of carbonyl (C=O) groups is 1. The van der Waals surface area contributed by atoms with Crippen molar-refractivity contribution >= 4 is 17.2 Å². The molecule has 0 aliphatic carbocycles. The Balaban J connectivity index is 2.70. The van der Waals surface area contributed by atoms with Gasteiger partial charge in [-0.2, -0.15) is 10.5 Å². The van der Waals surface area contributed by atoms with E-state index in [2.05, 4.69) is 5.32 Å². The lowest BCUT2D eigenvalue weighted by Crippen LogP contribution is -2.05. The van der Waals surface area contributed by atoms with E-state index < -0.39 is 0 Å². The summed E-state index contributed by atoms with van der Waals surface area (Å²) in [6.45, 7) is 2.00. The van der Waals surface area contributed by atoms with Crippen molar-refractivity contribution in [2.75, 3.05) is 5.32 Å². The van der Waals surface area contributed by atoms with E-state index in [-0.39, 0.29) is 17.1 Å². The fourth-order valence-electron chi connectivity index (χ4n) is 1.82. The van der Waals surface area contributed by atoms with E-state index in [9.17, 15) is 4.79 Å². The molecule has 1 heterocycles. The summed E-state index contributed by atoms with van der Waals surface area (Å²) in [5, 5.41) is 20.3. The zero-order valence-electron chi connectivity index (χ0n) is 9.24. The monoisotopic (exact) mass is 223 g/mol. The smallest absolute Gasteiger partial charge is 0.258 e. The number of nitriles is 2. The number of carbonyl (C=O) groups excluding carboxylic acids is 1. The third-order valence-corrected chi connectivity index (χ3v) is 2.71. The molecule has 1 aromatic carbocycles. The molecule has 1 N–H and O–H groups in total. The summed E-state index contributed by atoms with van der Waals surface area (Å²) in [5.74, 6) is -0.383. The van der Waals surface area contributed by atoms with Gasteiger partial charge >= 0.3 is 0 Å². The van der Waals surface area contributed by atoms with E-state index in [1.807, 2.05) is 19.1 Å². The molecule has 0 saturated heterocycles. The van der Waals surface area contributed by atoms with Gasteiger partial charge in [0.25, 0.3) is 5.91 Å². The van der Waals surface area contributed by atoms with Gasteiger partial charge in [0.15, 0.2) is 0 Å². The van der Waals surface area contributed by atoms with Crippen LogP contribution in [0.4, 0.5) is 5.69 Å². The third-order valence-electron chi connectivity index (χ3n) is 2.71. The lowest BCUT2D eigenvalue weighted by atomic mass is 9.99. The highest BCUT2D eigenvalue weighted by Gasteiger charge is 2.27. The number of nitrogens with zero attached hydrogens (tertiary/aromatic N) is 2. The van der Waals surface area contributed by atoms with Gasteiger partial charge in [-0.05, 0) is 24.1 Å². The highest BCUT2D eigenvalue weighted by atomic mass is 16.2. The molecule has 1 aliphatic heterocycles. The van der Waals surface area contributed by atoms with Crippen molar-refractivity contribution in [3.05, 3.63) is 34.9 Å². The van der Waals surface area contributed by atoms with Crippen LogP contribution in [-0.4, -0.2) is 5.91 Å². The molecule has 0 unspecified atom stereocenters. The molecule has 4 heteroatoms. The zero-order chi connectivity index (χ0) is 12.4. The Hall–Kier alpha value is -2.59. The highest BCUT2D eigenvalue weighted by Crippen LogP contribution is 2.34. The highest BCUT2D eigenvalue weighted by molar-refractivity contribution is 6.33. The number of anilines is 1. The Morgan fingerprint density at radius 3 is 2.65 bits per heavy atom. The number of rotatable bonds is 1. The Morgan fingerprint density at radius 2 is 2.06 bits per heavy atom. The quantitative estimate of drug-likeness (QED) is 0.584. The van der Waals surface area contributed by atoms with Crippen molar-refractivity contribution in [3.8, 4) is 12.1 Å². The van der Waals surface area contributed by atoms with E-state index in [0.717, 1.165) is 12.0 Å². The molecule has 4 nitrogen and oxygen atoms in total. The lowest BCUT2D eigenvalue weighted by molar-refractivity contribution is -0.110. The van der Waals surface area contributed by atoms with Crippen LogP contribution in [0.25, 0.3) is 5.57 Å². The van der Waals surface area contributed by atoms with Gasteiger partial charge in [0, 0.05) is 11.3 Å². The van der Waals surface area contributed by atoms with Crippen molar-refractivity contribution < 1.29 is 4.79 Å². The van der Waals surface area contributed by atoms with E-state index in [0.29, 0.717) is 11.3 Å². The summed E-state index contributed by atoms with van der Waals surface area (Å²) in [5.41, 5.74) is 2.40. The number of allylic oxidation sites excluding steroid dienone is 1. The van der Waals surface area contributed by atoms with E-state index in [1.54, 1.807) is 18.2 Å². The summed E-state index contributed by atoms with van der Waals surface area (Å²) < 4.78 is 0. The topological polar surface area (TPSA) is 76.7 Å². The molecule has 0 radical (unpaired) electrons. The lowest BCUT2D eigenvalue weighted by Gasteiger charge is -2.01. The number of nitrogens with one attached hydrogen (secondary N) is 1. The predicted molar refractivity (Wildman–Crippen MR) is 62.6 cm³/mol. The van der Waals surface area contributed by atoms with Gasteiger partial charge in [0.2, 0.25) is 0 Å². The fourth-order valence-corrected chi connectivity index (χ4v) is 1.82. The van der Waals surface area contributed by atoms with Crippen LogP contribution >= 0.6 is 0 Å². The second-order valence-electron chi connectivity index (χ2n) is 3.66. The van der Waals surface area contributed by atoms with Crippen LogP contribution in [0.5, 0.6) is 0 Å². The molecule has 0 fully saturated rings. The molecule has 1 aliphatic rings. The Morgan fingerprint density at radius 1 is 1.35 bits per heavy atom. The molecule has 17 heavy (non-hydrogen) atoms. The number of benzene rings is 1. The number of fused-ring (bicyclic) bond motifs is 1. The number of hydrogen-bond acceptors (Lipinski definition) is 3. The SMILES string of the molecule is CCc1ccc2c(c1)C(=C(C#N)C#N)C(=O)N2. The van der Waals surface area contributed by atoms with Crippen molar-refractivity contribution in [1.82, 2.24) is 0 Å². The summed E-state index contributed by atoms with van der Waals surface area (Å²) >= 11 is 0. The molecule has 1 amide bonds. The maximum absolute atomic E-state index is 11.7. The number of aryl methyl sites for hydroxylation is 1. The minimum absolute atomic E-state index is 0.144. The predicted octanol–water partition coefficient (Wildman–Crippen LogP) is 2.00. The van der Waals surface area contributed by atoms with Gasteiger partial charge in [-0.3, -0.25) is 4.79 Å². The van der Waals surface area contributed by atoms with Crippen molar-refractivity contribution in [2.24, 2.45) is 0 Å². The van der Waals surface area contributed by atoms with Crippen LogP contribution in [0.3, 0.4) is 0 Å². The molecular weight excluding hydrogens is 214 g/mol. The van der Waals surface area contributed by atoms with Gasteiger partial charge in [-0.15, -0.1) is 0 Å². The Labute approximate surface area is 98.8 Å². The molecule has 0 bridgehead atoms. The maximum atomic E-state index is 11.7. The van der Waals surface area contributed by atoms with Gasteiger partial charge in [-0.25, -0.2) is 0 Å². The van der Waals surface area contributed by atoms with Crippen LogP contribution < -0.4 is 5.32 Å². The van der Waals surface area contributed by atoms with Crippen LogP contribution in [-0.2, 0) is 11.2 Å². The second-order valence-corrected chi connectivity index (χ2v) is 3.66. The summed E-state index contributed by atoms with van der Waals surface area (Å²) in [4.78, 5) is 11.7. The first kappa shape index (κ1) is 10.9. The first-order valence-corrected chi connectivity index (χ1v) is 5.20.